The Balaban J connectivity index is 1.39. The minimum absolute atomic E-state index is 0.0353. The maximum absolute atomic E-state index is 11.9. The third kappa shape index (κ3) is 6.51. The maximum Gasteiger partial charge on any atom is 0.258 e. The summed E-state index contributed by atoms with van der Waals surface area (Å²) in [4.78, 5) is 23.3. The van der Waals surface area contributed by atoms with Crippen LogP contribution < -0.4 is 25.0 Å². The van der Waals surface area contributed by atoms with Crippen molar-refractivity contribution in [2.45, 2.75) is 26.2 Å². The van der Waals surface area contributed by atoms with Crippen LogP contribution in [-0.2, 0) is 4.79 Å². The molecule has 1 saturated heterocycles. The van der Waals surface area contributed by atoms with Crippen LogP contribution in [0.1, 0.15) is 25.0 Å². The molecule has 1 fully saturated rings. The second-order valence-electron chi connectivity index (χ2n) is 6.98. The largest absolute Gasteiger partial charge is 0.497 e. The van der Waals surface area contributed by atoms with Crippen molar-refractivity contribution in [1.29, 1.82) is 0 Å². The molecular formula is C21H29N5O3. The Kier molecular flexibility index (Phi) is 7.49. The lowest BCUT2D eigenvalue weighted by atomic mass is 10.1. The molecule has 2 aromatic rings. The fraction of sp³-hybridized carbons (Fsp3) is 0.476. The van der Waals surface area contributed by atoms with Crippen LogP contribution in [0.2, 0.25) is 0 Å². The first-order chi connectivity index (χ1) is 14.1. The fourth-order valence-corrected chi connectivity index (χ4v) is 3.16. The van der Waals surface area contributed by atoms with Gasteiger partial charge < -0.3 is 25.0 Å². The van der Waals surface area contributed by atoms with Gasteiger partial charge >= 0.3 is 0 Å². The maximum atomic E-state index is 11.9. The Morgan fingerprint density at radius 1 is 1.07 bits per heavy atom. The predicted molar refractivity (Wildman–Crippen MR) is 113 cm³/mol. The van der Waals surface area contributed by atoms with Gasteiger partial charge in [-0.3, -0.25) is 4.79 Å². The minimum atomic E-state index is -0.179. The summed E-state index contributed by atoms with van der Waals surface area (Å²) in [6.45, 7) is 5.02. The van der Waals surface area contributed by atoms with Gasteiger partial charge in [0, 0.05) is 37.9 Å². The minimum Gasteiger partial charge on any atom is -0.497 e. The van der Waals surface area contributed by atoms with E-state index in [0.29, 0.717) is 24.8 Å². The Bertz CT molecular complexity index is 791. The van der Waals surface area contributed by atoms with E-state index in [1.165, 1.54) is 19.3 Å². The van der Waals surface area contributed by atoms with Crippen molar-refractivity contribution in [2.24, 2.45) is 0 Å². The molecule has 156 valence electrons. The monoisotopic (exact) mass is 399 g/mol. The van der Waals surface area contributed by atoms with Crippen LogP contribution in [0.15, 0.2) is 30.3 Å². The molecule has 2 heterocycles. The first kappa shape index (κ1) is 20.7. The summed E-state index contributed by atoms with van der Waals surface area (Å²) < 4.78 is 10.6. The highest BCUT2D eigenvalue weighted by Gasteiger charge is 2.13. The van der Waals surface area contributed by atoms with Crippen LogP contribution in [0.3, 0.4) is 0 Å². The number of piperidine rings is 1. The Morgan fingerprint density at radius 2 is 1.79 bits per heavy atom. The van der Waals surface area contributed by atoms with Crippen LogP contribution >= 0.6 is 0 Å². The first-order valence-electron chi connectivity index (χ1n) is 10.0. The summed E-state index contributed by atoms with van der Waals surface area (Å²) in [7, 11) is 1.60. The summed E-state index contributed by atoms with van der Waals surface area (Å²) in [5.74, 6) is 2.75. The number of amides is 1. The Morgan fingerprint density at radius 3 is 2.52 bits per heavy atom. The average molecular weight is 399 g/mol. The van der Waals surface area contributed by atoms with E-state index in [9.17, 15) is 4.79 Å². The number of nitrogens with one attached hydrogen (secondary N) is 2. The van der Waals surface area contributed by atoms with E-state index in [-0.39, 0.29) is 12.5 Å². The molecule has 1 aromatic carbocycles. The summed E-state index contributed by atoms with van der Waals surface area (Å²) in [6, 6.07) is 9.13. The number of carbonyl (C=O) groups excluding carboxylic acids is 1. The molecule has 3 rings (SSSR count). The van der Waals surface area contributed by atoms with Gasteiger partial charge in [0.1, 0.15) is 17.3 Å². The van der Waals surface area contributed by atoms with Crippen LogP contribution in [0.25, 0.3) is 0 Å². The van der Waals surface area contributed by atoms with Gasteiger partial charge in [-0.15, -0.1) is 0 Å². The van der Waals surface area contributed by atoms with Crippen LogP contribution in [0, 0.1) is 6.92 Å². The van der Waals surface area contributed by atoms with E-state index in [0.717, 1.165) is 30.4 Å². The van der Waals surface area contributed by atoms with E-state index in [1.54, 1.807) is 31.4 Å². The molecular weight excluding hydrogens is 370 g/mol. The molecule has 29 heavy (non-hydrogen) atoms. The molecule has 0 bridgehead atoms. The molecule has 0 radical (unpaired) electrons. The van der Waals surface area contributed by atoms with Crippen molar-refractivity contribution in [3.8, 4) is 11.5 Å². The third-order valence-electron chi connectivity index (χ3n) is 4.68. The van der Waals surface area contributed by atoms with Crippen LogP contribution in [0.5, 0.6) is 11.5 Å². The zero-order chi connectivity index (χ0) is 20.5. The van der Waals surface area contributed by atoms with E-state index in [2.05, 4.69) is 25.5 Å². The van der Waals surface area contributed by atoms with Crippen molar-refractivity contribution >= 4 is 17.7 Å². The lowest BCUT2D eigenvalue weighted by molar-refractivity contribution is -0.123. The number of methoxy groups -OCH3 is 1. The highest BCUT2D eigenvalue weighted by Crippen LogP contribution is 2.19. The standard InChI is InChI=1S/C21H29N5O3/c1-16-14-19(26-12-4-3-5-13-26)25-21(24-16)23-11-10-22-20(27)15-29-18-8-6-17(28-2)7-9-18/h6-9,14H,3-5,10-13,15H2,1-2H3,(H,22,27)(H,23,24,25). The summed E-state index contributed by atoms with van der Waals surface area (Å²) in [5, 5.41) is 6.01. The molecule has 0 spiro atoms. The fourth-order valence-electron chi connectivity index (χ4n) is 3.16. The zero-order valence-electron chi connectivity index (χ0n) is 17.1. The number of anilines is 2. The number of ether oxygens (including phenoxy) is 2. The Hall–Kier alpha value is -3.03. The number of rotatable bonds is 9. The van der Waals surface area contributed by atoms with Crippen LogP contribution in [-0.4, -0.2) is 55.8 Å². The van der Waals surface area contributed by atoms with Gasteiger partial charge in [-0.05, 0) is 50.5 Å². The second kappa shape index (κ2) is 10.5. The van der Waals surface area contributed by atoms with E-state index in [4.69, 9.17) is 9.47 Å². The molecule has 1 aliphatic heterocycles. The molecule has 1 amide bonds. The van der Waals surface area contributed by atoms with Crippen molar-refractivity contribution in [1.82, 2.24) is 15.3 Å². The number of hydrogen-bond donors (Lipinski definition) is 2. The van der Waals surface area contributed by atoms with E-state index in [1.807, 2.05) is 13.0 Å². The van der Waals surface area contributed by atoms with Crippen molar-refractivity contribution in [3.63, 3.8) is 0 Å². The van der Waals surface area contributed by atoms with E-state index < -0.39 is 0 Å². The predicted octanol–water partition coefficient (Wildman–Crippen LogP) is 2.39. The Labute approximate surface area is 171 Å². The molecule has 8 nitrogen and oxygen atoms in total. The number of nitrogens with zero attached hydrogens (tertiary/aromatic N) is 3. The van der Waals surface area contributed by atoms with Gasteiger partial charge in [-0.1, -0.05) is 0 Å². The number of hydrogen-bond acceptors (Lipinski definition) is 7. The molecule has 0 atom stereocenters. The van der Waals surface area contributed by atoms with Gasteiger partial charge in [0.05, 0.1) is 7.11 Å². The quantitative estimate of drug-likeness (QED) is 0.626. The van der Waals surface area contributed by atoms with Gasteiger partial charge in [0.25, 0.3) is 5.91 Å². The number of carbonyl (C=O) groups is 1. The summed E-state index contributed by atoms with van der Waals surface area (Å²) in [6.07, 6.45) is 3.69. The molecule has 0 saturated carbocycles. The lowest BCUT2D eigenvalue weighted by Gasteiger charge is -2.28. The summed E-state index contributed by atoms with van der Waals surface area (Å²) in [5.41, 5.74) is 0.931. The van der Waals surface area contributed by atoms with E-state index >= 15 is 0 Å². The topological polar surface area (TPSA) is 88.6 Å². The van der Waals surface area contributed by atoms with Crippen molar-refractivity contribution in [3.05, 3.63) is 36.0 Å². The highest BCUT2D eigenvalue weighted by molar-refractivity contribution is 5.77. The van der Waals surface area contributed by atoms with Crippen molar-refractivity contribution in [2.75, 3.05) is 50.1 Å². The smallest absolute Gasteiger partial charge is 0.258 e. The molecule has 1 aromatic heterocycles. The third-order valence-corrected chi connectivity index (χ3v) is 4.68. The summed E-state index contributed by atoms with van der Waals surface area (Å²) >= 11 is 0. The van der Waals surface area contributed by atoms with Gasteiger partial charge in [-0.25, -0.2) is 4.98 Å². The number of aryl methyl sites for hydroxylation is 1. The van der Waals surface area contributed by atoms with Crippen molar-refractivity contribution < 1.29 is 14.3 Å². The molecule has 0 unspecified atom stereocenters. The van der Waals surface area contributed by atoms with Gasteiger partial charge in [0.2, 0.25) is 5.95 Å². The second-order valence-corrected chi connectivity index (χ2v) is 6.98. The van der Waals surface area contributed by atoms with Gasteiger partial charge in [-0.2, -0.15) is 4.98 Å². The first-order valence-corrected chi connectivity index (χ1v) is 10.0. The highest BCUT2D eigenvalue weighted by atomic mass is 16.5. The SMILES string of the molecule is COc1ccc(OCC(=O)NCCNc2nc(C)cc(N3CCCCC3)n2)cc1. The van der Waals surface area contributed by atoms with Gasteiger partial charge in [0.15, 0.2) is 6.61 Å². The molecule has 8 heteroatoms. The number of benzene rings is 1. The lowest BCUT2D eigenvalue weighted by Crippen LogP contribution is -2.33. The zero-order valence-corrected chi connectivity index (χ0v) is 17.1. The molecule has 2 N–H and O–H groups in total. The average Bonchev–Trinajstić information content (AvgIpc) is 2.76. The molecule has 0 aliphatic carbocycles. The molecule has 1 aliphatic rings. The van der Waals surface area contributed by atoms with Crippen LogP contribution in [0.4, 0.5) is 11.8 Å². The normalized spacial score (nSPS) is 13.7. The number of aromatic nitrogens is 2.